The van der Waals surface area contributed by atoms with Gasteiger partial charge in [-0.1, -0.05) is 18.0 Å². The van der Waals surface area contributed by atoms with Crippen LogP contribution in [0.3, 0.4) is 0 Å². The van der Waals surface area contributed by atoms with E-state index in [2.05, 4.69) is 32.9 Å². The fourth-order valence-corrected chi connectivity index (χ4v) is 5.72. The van der Waals surface area contributed by atoms with E-state index >= 15 is 0 Å². The number of fused-ring (bicyclic) bond motifs is 1. The van der Waals surface area contributed by atoms with E-state index in [9.17, 15) is 24.1 Å². The first kappa shape index (κ1) is 36.1. The fraction of sp³-hybridized carbons (Fsp3) is 0.312. The maximum absolute atomic E-state index is 13.6. The van der Waals surface area contributed by atoms with Gasteiger partial charge in [0.1, 0.15) is 22.7 Å². The van der Waals surface area contributed by atoms with E-state index in [0.717, 1.165) is 24.1 Å². The lowest BCUT2D eigenvalue weighted by Gasteiger charge is -2.24. The van der Waals surface area contributed by atoms with Crippen molar-refractivity contribution in [3.8, 4) is 11.3 Å². The van der Waals surface area contributed by atoms with Gasteiger partial charge in [0.2, 0.25) is 0 Å². The number of carbonyl (C=O) groups excluding carboxylic acids is 1. The van der Waals surface area contributed by atoms with Crippen molar-refractivity contribution in [2.45, 2.75) is 25.4 Å². The summed E-state index contributed by atoms with van der Waals surface area (Å²) in [6.45, 7) is 1.57. The molecule has 1 saturated carbocycles. The van der Waals surface area contributed by atoms with Crippen LogP contribution in [0.15, 0.2) is 59.0 Å². The Balaban J connectivity index is 0.00000245. The zero-order valence-electron chi connectivity index (χ0n) is 25.6. The number of hydrogen-bond donors (Lipinski definition) is 4. The van der Waals surface area contributed by atoms with E-state index in [1.165, 1.54) is 30.3 Å². The van der Waals surface area contributed by atoms with Crippen LogP contribution >= 0.6 is 35.3 Å². The second-order valence-electron chi connectivity index (χ2n) is 10.4. The lowest BCUT2D eigenvalue weighted by Crippen LogP contribution is -2.22. The van der Waals surface area contributed by atoms with E-state index in [1.807, 2.05) is 18.4 Å². The van der Waals surface area contributed by atoms with E-state index < -0.39 is 16.6 Å². The number of nitrogens with one attached hydrogen (secondary N) is 1. The molecule has 0 saturated heterocycles. The topological polar surface area (TPSA) is 144 Å². The number of ether oxygens (including phenoxy) is 2. The van der Waals surface area contributed by atoms with E-state index in [0.29, 0.717) is 59.1 Å². The van der Waals surface area contributed by atoms with E-state index in [-0.39, 0.29) is 30.5 Å². The Labute approximate surface area is 285 Å². The summed E-state index contributed by atoms with van der Waals surface area (Å²) in [7, 11) is 1.57. The number of nitrogens with zero attached hydrogens (tertiary/aromatic N) is 2. The highest BCUT2D eigenvalue weighted by molar-refractivity contribution is 8.59. The molecule has 1 amide bonds. The number of nitro benzene ring substituents is 1. The highest BCUT2D eigenvalue weighted by Crippen LogP contribution is 2.48. The van der Waals surface area contributed by atoms with Crippen molar-refractivity contribution in [3.63, 3.8) is 0 Å². The molecule has 0 spiro atoms. The molecule has 1 fully saturated rings. The van der Waals surface area contributed by atoms with Gasteiger partial charge >= 0.3 is 5.97 Å². The molecule has 1 aromatic heterocycles. The molecule has 0 radical (unpaired) electrons. The van der Waals surface area contributed by atoms with Crippen molar-refractivity contribution in [3.05, 3.63) is 92.8 Å². The van der Waals surface area contributed by atoms with Crippen LogP contribution in [0.4, 0.5) is 15.8 Å². The van der Waals surface area contributed by atoms with Gasteiger partial charge in [-0.25, -0.2) is 9.18 Å². The van der Waals surface area contributed by atoms with Crippen LogP contribution in [0.25, 0.3) is 22.3 Å². The molecule has 4 aromatic rings. The number of halogens is 1. The number of thiol groups is 2. The van der Waals surface area contributed by atoms with E-state index in [1.54, 1.807) is 31.1 Å². The van der Waals surface area contributed by atoms with E-state index in [4.69, 9.17) is 19.0 Å². The summed E-state index contributed by atoms with van der Waals surface area (Å²) in [5.74, 6) is -1.27. The molecule has 0 aliphatic heterocycles. The Morgan fingerprint density at radius 3 is 2.43 bits per heavy atom. The first-order valence-corrected chi connectivity index (χ1v) is 17.3. The van der Waals surface area contributed by atoms with Gasteiger partial charge in [-0.15, -0.1) is 23.3 Å². The molecular weight excluding hydrogens is 670 g/mol. The summed E-state index contributed by atoms with van der Waals surface area (Å²) >= 11 is 7.99. The first-order valence-electron chi connectivity index (χ1n) is 14.5. The largest absolute Gasteiger partial charge is 0.477 e. The van der Waals surface area contributed by atoms with Crippen molar-refractivity contribution in [1.82, 2.24) is 5.32 Å². The van der Waals surface area contributed by atoms with Gasteiger partial charge in [0.25, 0.3) is 11.6 Å². The Hall–Kier alpha value is -3.76. The molecule has 1 heterocycles. The van der Waals surface area contributed by atoms with Crippen molar-refractivity contribution in [2.24, 2.45) is 0 Å². The van der Waals surface area contributed by atoms with Gasteiger partial charge in [0.15, 0.2) is 0 Å². The van der Waals surface area contributed by atoms with Gasteiger partial charge in [0.05, 0.1) is 49.1 Å². The molecule has 1 aliphatic carbocycles. The third-order valence-electron chi connectivity index (χ3n) is 7.47. The van der Waals surface area contributed by atoms with Gasteiger partial charge in [-0.2, -0.15) is 0 Å². The standard InChI is InChI=1S/C32H32FN3O8S.H2S2/c1-34-31(37)29-25-16-24(20-4-5-20)26(17-28(25)44-30(29)21-6-8-22(33)9-7-21)35(45-2)11-12-42-13-14-43-18-19-3-10-23(32(38)39)27(15-19)36(40)41;1-2/h3,6-10,15-17,20H,4-5,11-14,18H2,1-2H3,(H,34,37)(H,38,39);1-2H. The molecule has 15 heteroatoms. The summed E-state index contributed by atoms with van der Waals surface area (Å²) in [6.07, 6.45) is 4.07. The van der Waals surface area contributed by atoms with Gasteiger partial charge in [-0.3, -0.25) is 14.9 Å². The number of hydrogen-bond acceptors (Lipinski definition) is 11. The number of furan rings is 1. The number of carboxylic acids is 1. The van der Waals surface area contributed by atoms with Crippen LogP contribution in [0.2, 0.25) is 0 Å². The van der Waals surface area contributed by atoms with Crippen molar-refractivity contribution < 1.29 is 37.9 Å². The number of carboxylic acid groups (broad SMARTS) is 1. The first-order chi connectivity index (χ1) is 22.7. The maximum Gasteiger partial charge on any atom is 0.342 e. The summed E-state index contributed by atoms with van der Waals surface area (Å²) < 4.78 is 33.4. The third-order valence-corrected chi connectivity index (χ3v) is 8.29. The van der Waals surface area contributed by atoms with Crippen LogP contribution in [-0.4, -0.2) is 61.6 Å². The smallest absolute Gasteiger partial charge is 0.342 e. The second-order valence-corrected chi connectivity index (χ2v) is 11.2. The Morgan fingerprint density at radius 1 is 1.11 bits per heavy atom. The minimum absolute atomic E-state index is 0.0763. The summed E-state index contributed by atoms with van der Waals surface area (Å²) in [6, 6.07) is 13.7. The minimum atomic E-state index is -1.36. The highest BCUT2D eigenvalue weighted by atomic mass is 33.1. The third kappa shape index (κ3) is 8.78. The molecule has 1 aliphatic rings. The number of nitro groups is 1. The summed E-state index contributed by atoms with van der Waals surface area (Å²) in [4.78, 5) is 34.7. The molecule has 47 heavy (non-hydrogen) atoms. The lowest BCUT2D eigenvalue weighted by atomic mass is 10.0. The van der Waals surface area contributed by atoms with Crippen LogP contribution in [0.1, 0.15) is 50.6 Å². The number of carbonyl (C=O) groups is 2. The number of rotatable bonds is 15. The molecule has 0 bridgehead atoms. The van der Waals surface area contributed by atoms with Crippen molar-refractivity contribution in [2.75, 3.05) is 44.0 Å². The number of benzene rings is 3. The van der Waals surface area contributed by atoms with Crippen molar-refractivity contribution >= 4 is 69.5 Å². The zero-order valence-corrected chi connectivity index (χ0v) is 28.2. The van der Waals surface area contributed by atoms with Gasteiger partial charge in [-0.05, 0) is 66.3 Å². The number of amides is 1. The summed E-state index contributed by atoms with van der Waals surface area (Å²) in [5, 5.41) is 23.7. The molecule has 3 aromatic carbocycles. The Bertz CT molecular complexity index is 1730. The van der Waals surface area contributed by atoms with Crippen LogP contribution in [-0.2, 0) is 16.1 Å². The Morgan fingerprint density at radius 2 is 1.81 bits per heavy atom. The highest BCUT2D eigenvalue weighted by Gasteiger charge is 2.31. The normalized spacial score (nSPS) is 12.4. The molecule has 0 atom stereocenters. The number of aromatic carboxylic acids is 1. The zero-order chi connectivity index (χ0) is 34.1. The van der Waals surface area contributed by atoms with Crippen LogP contribution < -0.4 is 9.62 Å². The average Bonchev–Trinajstić information content (AvgIpc) is 3.86. The number of anilines is 1. The molecule has 0 unspecified atom stereocenters. The van der Waals surface area contributed by atoms with Crippen LogP contribution in [0, 0.1) is 15.9 Å². The Kier molecular flexibility index (Phi) is 13.0. The minimum Gasteiger partial charge on any atom is -0.477 e. The average molecular weight is 704 g/mol. The molecule has 5 rings (SSSR count). The SMILES string of the molecule is CNC(=O)c1c(-c2ccc(F)cc2)oc2cc(N(CCOCCOCc3ccc(C(=O)O)c([N+](=O)[O-])c3)SC)c(C3CC3)cc12.SS. The van der Waals surface area contributed by atoms with Crippen molar-refractivity contribution in [1.29, 1.82) is 0 Å². The monoisotopic (exact) mass is 703 g/mol. The molecule has 250 valence electrons. The molecule has 2 N–H and O–H groups in total. The maximum atomic E-state index is 13.6. The predicted molar refractivity (Wildman–Crippen MR) is 186 cm³/mol. The van der Waals surface area contributed by atoms with Gasteiger partial charge in [0, 0.05) is 36.4 Å². The predicted octanol–water partition coefficient (Wildman–Crippen LogP) is 7.16. The summed E-state index contributed by atoms with van der Waals surface area (Å²) in [5.41, 5.74) is 3.31. The van der Waals surface area contributed by atoms with Crippen LogP contribution in [0.5, 0.6) is 0 Å². The quantitative estimate of drug-likeness (QED) is 0.0251. The fourth-order valence-electron chi connectivity index (χ4n) is 5.11. The van der Waals surface area contributed by atoms with Gasteiger partial charge < -0.3 is 28.6 Å². The lowest BCUT2D eigenvalue weighted by molar-refractivity contribution is -0.385. The second kappa shape index (κ2) is 16.9. The molecular formula is C32H34FN3O8S3. The molecule has 11 nitrogen and oxygen atoms in total.